The summed E-state index contributed by atoms with van der Waals surface area (Å²) in [5.74, 6) is 2.40. The summed E-state index contributed by atoms with van der Waals surface area (Å²) in [6, 6.07) is 7.46. The first-order valence-corrected chi connectivity index (χ1v) is 10.6. The first-order valence-electron chi connectivity index (χ1n) is 10.2. The van der Waals surface area contributed by atoms with Crippen LogP contribution in [0.2, 0.25) is 5.02 Å². The molecule has 0 aliphatic carbocycles. The molecule has 2 heterocycles. The van der Waals surface area contributed by atoms with Gasteiger partial charge in [0.2, 0.25) is 11.8 Å². The Labute approximate surface area is 206 Å². The lowest BCUT2D eigenvalue weighted by Crippen LogP contribution is -2.53. The highest BCUT2D eigenvalue weighted by Crippen LogP contribution is 2.22. The van der Waals surface area contributed by atoms with E-state index in [4.69, 9.17) is 16.0 Å². The van der Waals surface area contributed by atoms with Crippen LogP contribution in [0.5, 0.6) is 0 Å². The molecule has 1 N–H and O–H groups in total. The van der Waals surface area contributed by atoms with Gasteiger partial charge in [0.15, 0.2) is 5.96 Å². The van der Waals surface area contributed by atoms with Gasteiger partial charge in [-0.15, -0.1) is 24.0 Å². The van der Waals surface area contributed by atoms with E-state index in [1.165, 1.54) is 0 Å². The molecular formula is C22H31ClIN5O2. The molecule has 0 unspecified atom stereocenters. The number of rotatable bonds is 4. The van der Waals surface area contributed by atoms with Crippen molar-refractivity contribution in [2.24, 2.45) is 4.99 Å². The zero-order valence-corrected chi connectivity index (χ0v) is 21.6. The lowest BCUT2D eigenvalue weighted by atomic mass is 9.94. The van der Waals surface area contributed by atoms with Crippen LogP contribution >= 0.6 is 35.6 Å². The van der Waals surface area contributed by atoms with Crippen molar-refractivity contribution in [3.8, 4) is 0 Å². The first kappa shape index (κ1) is 25.5. The highest BCUT2D eigenvalue weighted by Gasteiger charge is 2.24. The second kappa shape index (κ2) is 11.2. The summed E-state index contributed by atoms with van der Waals surface area (Å²) in [7, 11) is 1.76. The fourth-order valence-corrected chi connectivity index (χ4v) is 3.54. The Morgan fingerprint density at radius 3 is 2.48 bits per heavy atom. The van der Waals surface area contributed by atoms with Gasteiger partial charge in [-0.1, -0.05) is 44.5 Å². The number of hydrogen-bond acceptors (Lipinski definition) is 4. The van der Waals surface area contributed by atoms with Gasteiger partial charge in [0.05, 0.1) is 19.2 Å². The van der Waals surface area contributed by atoms with Crippen molar-refractivity contribution in [1.82, 2.24) is 20.1 Å². The summed E-state index contributed by atoms with van der Waals surface area (Å²) >= 11 is 6.02. The molecule has 1 aromatic heterocycles. The normalized spacial score (nSPS) is 14.9. The highest BCUT2D eigenvalue weighted by molar-refractivity contribution is 14.0. The Hall–Kier alpha value is -1.81. The first-order chi connectivity index (χ1) is 14.3. The fraction of sp³-hybridized carbons (Fsp3) is 0.500. The molecule has 7 nitrogen and oxygen atoms in total. The number of nitrogens with one attached hydrogen (secondary N) is 1. The summed E-state index contributed by atoms with van der Waals surface area (Å²) in [5.41, 5.74) is 0.869. The molecular weight excluding hydrogens is 529 g/mol. The third-order valence-electron chi connectivity index (χ3n) is 5.08. The molecule has 1 amide bonds. The van der Waals surface area contributed by atoms with Gasteiger partial charge < -0.3 is 19.5 Å². The lowest BCUT2D eigenvalue weighted by molar-refractivity contribution is -0.131. The van der Waals surface area contributed by atoms with Crippen LogP contribution in [0.1, 0.15) is 38.0 Å². The summed E-state index contributed by atoms with van der Waals surface area (Å²) in [5, 5.41) is 3.97. The van der Waals surface area contributed by atoms with Crippen LogP contribution in [-0.2, 0) is 23.2 Å². The van der Waals surface area contributed by atoms with Crippen LogP contribution in [-0.4, -0.2) is 59.9 Å². The summed E-state index contributed by atoms with van der Waals surface area (Å²) in [4.78, 5) is 25.4. The average Bonchev–Trinajstić information content (AvgIpc) is 3.18. The Bertz CT molecular complexity index is 901. The van der Waals surface area contributed by atoms with Crippen molar-refractivity contribution in [1.29, 1.82) is 0 Å². The van der Waals surface area contributed by atoms with E-state index in [2.05, 4.69) is 41.0 Å². The van der Waals surface area contributed by atoms with E-state index in [1.807, 2.05) is 29.2 Å². The molecule has 170 valence electrons. The van der Waals surface area contributed by atoms with E-state index in [1.54, 1.807) is 13.2 Å². The molecule has 3 rings (SSSR count). The van der Waals surface area contributed by atoms with Gasteiger partial charge in [-0.05, 0) is 17.7 Å². The fourth-order valence-electron chi connectivity index (χ4n) is 3.33. The van der Waals surface area contributed by atoms with Gasteiger partial charge in [0.1, 0.15) is 5.76 Å². The van der Waals surface area contributed by atoms with Gasteiger partial charge in [-0.2, -0.15) is 0 Å². The maximum absolute atomic E-state index is 12.6. The predicted octanol–water partition coefficient (Wildman–Crippen LogP) is 3.71. The molecule has 1 fully saturated rings. The smallest absolute Gasteiger partial charge is 0.227 e. The number of aliphatic imine (C=N–C) groups is 1. The maximum Gasteiger partial charge on any atom is 0.227 e. The number of piperazine rings is 1. The van der Waals surface area contributed by atoms with E-state index in [-0.39, 0.29) is 35.3 Å². The molecule has 1 aromatic carbocycles. The predicted molar refractivity (Wildman–Crippen MR) is 134 cm³/mol. The monoisotopic (exact) mass is 559 g/mol. The molecule has 1 aliphatic heterocycles. The standard InChI is InChI=1S/C22H30ClN5O2.HI/c1-22(2,3)18-14-25-19(30-18)15-26-21(24-4)28-10-8-27(9-11-28)20(29)13-16-6-5-7-17(23)12-16;/h5-7,12,14H,8-11,13,15H2,1-4H3,(H,24,26);1H. The maximum atomic E-state index is 12.6. The Morgan fingerprint density at radius 2 is 1.90 bits per heavy atom. The second-order valence-corrected chi connectivity index (χ2v) is 8.88. The number of guanidine groups is 1. The van der Waals surface area contributed by atoms with Gasteiger partial charge in [0.25, 0.3) is 0 Å². The zero-order chi connectivity index (χ0) is 21.7. The number of benzene rings is 1. The summed E-state index contributed by atoms with van der Waals surface area (Å²) in [6.45, 7) is 9.52. The number of hydrogen-bond donors (Lipinski definition) is 1. The van der Waals surface area contributed by atoms with Crippen LogP contribution in [0, 0.1) is 0 Å². The Balaban J connectivity index is 0.00000341. The second-order valence-electron chi connectivity index (χ2n) is 8.44. The van der Waals surface area contributed by atoms with E-state index >= 15 is 0 Å². The third-order valence-corrected chi connectivity index (χ3v) is 5.31. The van der Waals surface area contributed by atoms with E-state index < -0.39 is 0 Å². The van der Waals surface area contributed by atoms with E-state index in [0.29, 0.717) is 37.0 Å². The summed E-state index contributed by atoms with van der Waals surface area (Å²) in [6.07, 6.45) is 2.15. The van der Waals surface area contributed by atoms with E-state index in [0.717, 1.165) is 30.4 Å². The van der Waals surface area contributed by atoms with Crippen molar-refractivity contribution in [2.75, 3.05) is 33.2 Å². The third kappa shape index (κ3) is 7.10. The minimum absolute atomic E-state index is 0. The molecule has 9 heteroatoms. The van der Waals surface area contributed by atoms with Crippen molar-refractivity contribution in [2.45, 2.75) is 39.2 Å². The SMILES string of the molecule is CN=C(NCc1ncc(C(C)(C)C)o1)N1CCN(C(=O)Cc2cccc(Cl)c2)CC1.I. The molecule has 0 atom stereocenters. The Kier molecular flexibility index (Phi) is 9.17. The molecule has 31 heavy (non-hydrogen) atoms. The van der Waals surface area contributed by atoms with Crippen molar-refractivity contribution in [3.63, 3.8) is 0 Å². The van der Waals surface area contributed by atoms with Crippen LogP contribution in [0.15, 0.2) is 39.9 Å². The largest absolute Gasteiger partial charge is 0.443 e. The van der Waals surface area contributed by atoms with Crippen molar-refractivity contribution >= 4 is 47.4 Å². The van der Waals surface area contributed by atoms with Gasteiger partial charge in [-0.3, -0.25) is 9.79 Å². The molecule has 1 saturated heterocycles. The van der Waals surface area contributed by atoms with E-state index in [9.17, 15) is 4.79 Å². The highest BCUT2D eigenvalue weighted by atomic mass is 127. The molecule has 0 saturated carbocycles. The molecule has 0 bridgehead atoms. The topological polar surface area (TPSA) is 74.0 Å². The quantitative estimate of drug-likeness (QED) is 0.351. The van der Waals surface area contributed by atoms with Crippen LogP contribution in [0.3, 0.4) is 0 Å². The Morgan fingerprint density at radius 1 is 1.23 bits per heavy atom. The van der Waals surface area contributed by atoms with Gasteiger partial charge >= 0.3 is 0 Å². The lowest BCUT2D eigenvalue weighted by Gasteiger charge is -2.36. The number of carbonyl (C=O) groups excluding carboxylic acids is 1. The van der Waals surface area contributed by atoms with Crippen LogP contribution in [0.25, 0.3) is 0 Å². The summed E-state index contributed by atoms with van der Waals surface area (Å²) < 4.78 is 5.83. The van der Waals surface area contributed by atoms with Crippen LogP contribution in [0.4, 0.5) is 0 Å². The number of halogens is 2. The minimum atomic E-state index is -0.0686. The number of carbonyl (C=O) groups is 1. The van der Waals surface area contributed by atoms with Crippen molar-refractivity contribution < 1.29 is 9.21 Å². The average molecular weight is 560 g/mol. The molecule has 1 aliphatic rings. The zero-order valence-electron chi connectivity index (χ0n) is 18.5. The van der Waals surface area contributed by atoms with Gasteiger partial charge in [-0.25, -0.2) is 4.98 Å². The van der Waals surface area contributed by atoms with Crippen molar-refractivity contribution in [3.05, 3.63) is 52.7 Å². The minimum Gasteiger partial charge on any atom is -0.443 e. The van der Waals surface area contributed by atoms with Crippen LogP contribution < -0.4 is 5.32 Å². The number of oxazole rings is 1. The number of amides is 1. The molecule has 0 spiro atoms. The number of nitrogens with zero attached hydrogens (tertiary/aromatic N) is 4. The van der Waals surface area contributed by atoms with Gasteiger partial charge in [0, 0.05) is 43.7 Å². The number of aromatic nitrogens is 1. The molecule has 2 aromatic rings. The molecule has 0 radical (unpaired) electrons.